The summed E-state index contributed by atoms with van der Waals surface area (Å²) in [4.78, 5) is 10.8. The van der Waals surface area contributed by atoms with Crippen LogP contribution in [-0.2, 0) is 0 Å². The van der Waals surface area contributed by atoms with Crippen molar-refractivity contribution in [1.29, 1.82) is 0 Å². The SMILES string of the molecule is Cc1nnc(-c2cc(C(=O)O)ccc2F)nn1. The predicted molar refractivity (Wildman–Crippen MR) is 54.7 cm³/mol. The first-order valence-corrected chi connectivity index (χ1v) is 4.65. The van der Waals surface area contributed by atoms with Crippen molar-refractivity contribution in [3.8, 4) is 11.4 Å². The first-order valence-electron chi connectivity index (χ1n) is 4.65. The van der Waals surface area contributed by atoms with Crippen LogP contribution in [0.3, 0.4) is 0 Å². The van der Waals surface area contributed by atoms with Crippen molar-refractivity contribution in [1.82, 2.24) is 20.4 Å². The summed E-state index contributed by atoms with van der Waals surface area (Å²) in [5.41, 5.74) is -0.0875. The number of hydrogen-bond acceptors (Lipinski definition) is 5. The Hall–Kier alpha value is -2.44. The van der Waals surface area contributed by atoms with Crippen molar-refractivity contribution < 1.29 is 14.3 Å². The average Bonchev–Trinajstić information content (AvgIpc) is 2.31. The summed E-state index contributed by atoms with van der Waals surface area (Å²) in [5, 5.41) is 23.4. The molecule has 7 heteroatoms. The fourth-order valence-electron chi connectivity index (χ4n) is 1.22. The van der Waals surface area contributed by atoms with Crippen molar-refractivity contribution in [3.05, 3.63) is 35.4 Å². The first-order chi connectivity index (χ1) is 8.08. The van der Waals surface area contributed by atoms with E-state index >= 15 is 0 Å². The van der Waals surface area contributed by atoms with Crippen LogP contribution in [0.2, 0.25) is 0 Å². The third-order valence-corrected chi connectivity index (χ3v) is 2.03. The van der Waals surface area contributed by atoms with Crippen LogP contribution in [-0.4, -0.2) is 31.5 Å². The van der Waals surface area contributed by atoms with Crippen LogP contribution < -0.4 is 0 Å². The minimum atomic E-state index is -1.15. The number of carboxylic acid groups (broad SMARTS) is 1. The highest BCUT2D eigenvalue weighted by molar-refractivity contribution is 5.89. The zero-order chi connectivity index (χ0) is 12.4. The topological polar surface area (TPSA) is 88.9 Å². The maximum absolute atomic E-state index is 13.5. The molecular formula is C10H7FN4O2. The van der Waals surface area contributed by atoms with E-state index in [2.05, 4.69) is 20.4 Å². The highest BCUT2D eigenvalue weighted by Gasteiger charge is 2.13. The van der Waals surface area contributed by atoms with Crippen LogP contribution in [0, 0.1) is 12.7 Å². The minimum Gasteiger partial charge on any atom is -0.478 e. The van der Waals surface area contributed by atoms with E-state index in [0.29, 0.717) is 5.82 Å². The Labute approximate surface area is 95.2 Å². The Morgan fingerprint density at radius 1 is 1.24 bits per heavy atom. The fraction of sp³-hybridized carbons (Fsp3) is 0.100. The number of carbonyl (C=O) groups is 1. The quantitative estimate of drug-likeness (QED) is 0.836. The monoisotopic (exact) mass is 234 g/mol. The Morgan fingerprint density at radius 3 is 2.47 bits per heavy atom. The molecule has 1 heterocycles. The summed E-state index contributed by atoms with van der Waals surface area (Å²) in [6.45, 7) is 1.59. The molecule has 0 saturated heterocycles. The molecule has 0 aliphatic rings. The van der Waals surface area contributed by atoms with Crippen LogP contribution in [0.15, 0.2) is 18.2 Å². The summed E-state index contributed by atoms with van der Waals surface area (Å²) in [6.07, 6.45) is 0. The molecular weight excluding hydrogens is 227 g/mol. The predicted octanol–water partition coefficient (Wildman–Crippen LogP) is 1.08. The maximum Gasteiger partial charge on any atom is 0.335 e. The van der Waals surface area contributed by atoms with E-state index in [4.69, 9.17) is 5.11 Å². The molecule has 1 N–H and O–H groups in total. The van der Waals surface area contributed by atoms with Gasteiger partial charge in [-0.3, -0.25) is 0 Å². The van der Waals surface area contributed by atoms with Crippen molar-refractivity contribution in [2.45, 2.75) is 6.92 Å². The van der Waals surface area contributed by atoms with E-state index in [1.807, 2.05) is 0 Å². The van der Waals surface area contributed by atoms with Crippen LogP contribution in [0.25, 0.3) is 11.4 Å². The Kier molecular flexibility index (Phi) is 2.73. The third-order valence-electron chi connectivity index (χ3n) is 2.03. The van der Waals surface area contributed by atoms with E-state index in [1.54, 1.807) is 6.92 Å². The molecule has 0 fully saturated rings. The molecule has 0 aliphatic carbocycles. The summed E-state index contributed by atoms with van der Waals surface area (Å²) < 4.78 is 13.5. The lowest BCUT2D eigenvalue weighted by molar-refractivity contribution is 0.0697. The number of carboxylic acids is 1. The number of halogens is 1. The third kappa shape index (κ3) is 2.22. The fourth-order valence-corrected chi connectivity index (χ4v) is 1.22. The van der Waals surface area contributed by atoms with Crippen molar-refractivity contribution in [2.24, 2.45) is 0 Å². The van der Waals surface area contributed by atoms with E-state index < -0.39 is 11.8 Å². The lowest BCUT2D eigenvalue weighted by Crippen LogP contribution is -2.02. The average molecular weight is 234 g/mol. The van der Waals surface area contributed by atoms with E-state index in [0.717, 1.165) is 18.2 Å². The summed E-state index contributed by atoms with van der Waals surface area (Å²) in [7, 11) is 0. The van der Waals surface area contributed by atoms with Crippen LogP contribution in [0.5, 0.6) is 0 Å². The number of nitrogens with zero attached hydrogens (tertiary/aromatic N) is 4. The minimum absolute atomic E-state index is 0.0371. The lowest BCUT2D eigenvalue weighted by atomic mass is 10.1. The van der Waals surface area contributed by atoms with Gasteiger partial charge in [0.05, 0.1) is 11.1 Å². The van der Waals surface area contributed by atoms with Gasteiger partial charge < -0.3 is 5.11 Å². The first kappa shape index (κ1) is 11.1. The van der Waals surface area contributed by atoms with E-state index in [-0.39, 0.29) is 17.0 Å². The highest BCUT2D eigenvalue weighted by atomic mass is 19.1. The molecule has 1 aromatic carbocycles. The van der Waals surface area contributed by atoms with E-state index in [9.17, 15) is 9.18 Å². The Balaban J connectivity index is 2.54. The summed E-state index contributed by atoms with van der Waals surface area (Å²) in [6, 6.07) is 3.35. The van der Waals surface area contributed by atoms with Gasteiger partial charge in [-0.15, -0.1) is 20.4 Å². The van der Waals surface area contributed by atoms with Gasteiger partial charge in [0.1, 0.15) is 5.82 Å². The second kappa shape index (κ2) is 4.20. The smallest absolute Gasteiger partial charge is 0.335 e. The van der Waals surface area contributed by atoms with Gasteiger partial charge >= 0.3 is 5.97 Å². The molecule has 0 spiro atoms. The molecule has 0 bridgehead atoms. The number of rotatable bonds is 2. The van der Waals surface area contributed by atoms with Crippen LogP contribution in [0.4, 0.5) is 4.39 Å². The van der Waals surface area contributed by atoms with Crippen LogP contribution in [0.1, 0.15) is 16.2 Å². The summed E-state index contributed by atoms with van der Waals surface area (Å²) >= 11 is 0. The number of aryl methyl sites for hydroxylation is 1. The molecule has 1 aromatic heterocycles. The largest absolute Gasteiger partial charge is 0.478 e. The zero-order valence-electron chi connectivity index (χ0n) is 8.75. The molecule has 0 radical (unpaired) electrons. The van der Waals surface area contributed by atoms with Gasteiger partial charge in [0.25, 0.3) is 0 Å². The second-order valence-corrected chi connectivity index (χ2v) is 3.27. The van der Waals surface area contributed by atoms with Gasteiger partial charge in [-0.05, 0) is 25.1 Å². The standard InChI is InChI=1S/C10H7FN4O2/c1-5-12-14-9(15-13-5)7-4-6(10(16)17)2-3-8(7)11/h2-4H,1H3,(H,16,17). The molecule has 2 rings (SSSR count). The van der Waals surface area contributed by atoms with Crippen molar-refractivity contribution in [3.63, 3.8) is 0 Å². The maximum atomic E-state index is 13.5. The molecule has 0 unspecified atom stereocenters. The highest BCUT2D eigenvalue weighted by Crippen LogP contribution is 2.19. The number of aromatic nitrogens is 4. The van der Waals surface area contributed by atoms with Crippen LogP contribution >= 0.6 is 0 Å². The number of aromatic carboxylic acids is 1. The molecule has 86 valence electrons. The summed E-state index contributed by atoms with van der Waals surface area (Å²) in [5.74, 6) is -1.47. The number of hydrogen-bond donors (Lipinski definition) is 1. The van der Waals surface area contributed by atoms with Crippen molar-refractivity contribution in [2.75, 3.05) is 0 Å². The van der Waals surface area contributed by atoms with Gasteiger partial charge in [-0.1, -0.05) is 0 Å². The van der Waals surface area contributed by atoms with Gasteiger partial charge in [-0.2, -0.15) is 0 Å². The molecule has 0 saturated carbocycles. The van der Waals surface area contributed by atoms with Gasteiger partial charge in [0, 0.05) is 0 Å². The molecule has 0 atom stereocenters. The normalized spacial score (nSPS) is 10.2. The molecule has 0 amide bonds. The van der Waals surface area contributed by atoms with Gasteiger partial charge in [0.2, 0.25) is 5.82 Å². The van der Waals surface area contributed by atoms with Gasteiger partial charge in [-0.25, -0.2) is 9.18 Å². The lowest BCUT2D eigenvalue weighted by Gasteiger charge is -2.01. The molecule has 2 aromatic rings. The van der Waals surface area contributed by atoms with Crippen molar-refractivity contribution >= 4 is 5.97 Å². The van der Waals surface area contributed by atoms with Gasteiger partial charge in [0.15, 0.2) is 5.82 Å². The molecule has 17 heavy (non-hydrogen) atoms. The molecule has 0 aliphatic heterocycles. The Bertz CT molecular complexity index is 571. The number of benzene rings is 1. The van der Waals surface area contributed by atoms with E-state index in [1.165, 1.54) is 0 Å². The zero-order valence-corrected chi connectivity index (χ0v) is 8.75. The Morgan fingerprint density at radius 2 is 1.88 bits per heavy atom. The molecule has 6 nitrogen and oxygen atoms in total. The second-order valence-electron chi connectivity index (χ2n) is 3.27.